The van der Waals surface area contributed by atoms with E-state index in [9.17, 15) is 10.2 Å². The topological polar surface area (TPSA) is 151 Å². The van der Waals surface area contributed by atoms with Crippen molar-refractivity contribution in [3.63, 3.8) is 0 Å². The fraction of sp³-hybridized carbons (Fsp3) is 0.966. The van der Waals surface area contributed by atoms with Gasteiger partial charge in [-0.25, -0.2) is 0 Å². The van der Waals surface area contributed by atoms with Crippen LogP contribution in [0.15, 0.2) is 12.2 Å². The molecule has 3 rings (SSSR count). The van der Waals surface area contributed by atoms with E-state index in [-0.39, 0.29) is 47.9 Å². The molecule has 1 unspecified atom stereocenters. The normalized spacial score (nSPS) is 20.6. The maximum Gasteiger partial charge on any atom is 0.168 e. The highest BCUT2D eigenvalue weighted by Gasteiger charge is 2.45. The quantitative estimate of drug-likeness (QED) is 0.0557. The molecule has 2 N–H and O–H groups in total. The zero-order valence-electron chi connectivity index (χ0n) is 48.5. The van der Waals surface area contributed by atoms with Crippen LogP contribution in [0.3, 0.4) is 0 Å². The molecule has 0 amide bonds. The van der Waals surface area contributed by atoms with Crippen molar-refractivity contribution in [2.75, 3.05) is 132 Å². The van der Waals surface area contributed by atoms with Gasteiger partial charge in [-0.2, -0.15) is 0 Å². The third kappa shape index (κ3) is 24.8. The summed E-state index contributed by atoms with van der Waals surface area (Å²) in [4.78, 5) is 0. The van der Waals surface area contributed by atoms with E-state index in [0.717, 1.165) is 121 Å². The van der Waals surface area contributed by atoms with Crippen molar-refractivity contribution in [3.8, 4) is 0 Å². The number of hydrogen-bond acceptors (Lipinski definition) is 14. The van der Waals surface area contributed by atoms with Crippen LogP contribution in [0.5, 0.6) is 0 Å². The molecule has 3 aliphatic rings. The standard InChI is InChI=1S/C59H112O14/c1-12-18-24-57(25-19-13-2)68-44-54(9,45-69-57)41-65-35-51(34-64-40-53(8,38-60)39-61)32-62-30-50(7)31-63-33-52(36-66-42-55(10)46-70-58(71-47-55,26-20-14-3)27-21-15-4)37-67-43-56(11)48-72-59(73-49-56,28-22-16-5)29-23-17-6/h51-52,60-61H,7,12-49H2,1-6,8-11H3. The van der Waals surface area contributed by atoms with Gasteiger partial charge < -0.3 is 67.1 Å². The van der Waals surface area contributed by atoms with Gasteiger partial charge in [-0.05, 0) is 44.1 Å². The summed E-state index contributed by atoms with van der Waals surface area (Å²) in [5.74, 6) is -1.62. The van der Waals surface area contributed by atoms with Crippen molar-refractivity contribution >= 4 is 0 Å². The van der Waals surface area contributed by atoms with Crippen LogP contribution in [-0.4, -0.2) is 160 Å². The minimum absolute atomic E-state index is 0.0358. The van der Waals surface area contributed by atoms with Crippen LogP contribution in [0.1, 0.15) is 185 Å². The first-order valence-corrected chi connectivity index (χ1v) is 29.2. The van der Waals surface area contributed by atoms with Crippen molar-refractivity contribution in [1.82, 2.24) is 0 Å². The fourth-order valence-corrected chi connectivity index (χ4v) is 9.35. The maximum absolute atomic E-state index is 9.87. The van der Waals surface area contributed by atoms with Crippen molar-refractivity contribution in [3.05, 3.63) is 12.2 Å². The molecule has 432 valence electrons. The Balaban J connectivity index is 1.57. The van der Waals surface area contributed by atoms with Gasteiger partial charge in [0.05, 0.1) is 132 Å². The predicted octanol–water partition coefficient (Wildman–Crippen LogP) is 11.3. The Bertz CT molecular complexity index is 1320. The highest BCUT2D eigenvalue weighted by Crippen LogP contribution is 2.40. The highest BCUT2D eigenvalue weighted by molar-refractivity contribution is 4.94. The average molecular weight is 1050 g/mol. The van der Waals surface area contributed by atoms with Gasteiger partial charge in [-0.1, -0.05) is 114 Å². The summed E-state index contributed by atoms with van der Waals surface area (Å²) >= 11 is 0. The van der Waals surface area contributed by atoms with Crippen molar-refractivity contribution in [2.24, 2.45) is 33.5 Å². The first-order valence-electron chi connectivity index (χ1n) is 29.2. The van der Waals surface area contributed by atoms with Crippen LogP contribution < -0.4 is 0 Å². The van der Waals surface area contributed by atoms with Crippen LogP contribution in [0.4, 0.5) is 0 Å². The molecule has 0 aliphatic carbocycles. The molecule has 0 spiro atoms. The van der Waals surface area contributed by atoms with Gasteiger partial charge in [0.15, 0.2) is 17.4 Å². The second kappa shape index (κ2) is 34.9. The smallest absolute Gasteiger partial charge is 0.168 e. The fourth-order valence-electron chi connectivity index (χ4n) is 9.35. The zero-order chi connectivity index (χ0) is 53.6. The summed E-state index contributed by atoms with van der Waals surface area (Å²) in [5.41, 5.74) is -0.733. The summed E-state index contributed by atoms with van der Waals surface area (Å²) < 4.78 is 77.2. The summed E-state index contributed by atoms with van der Waals surface area (Å²) in [6.45, 7) is 33.8. The lowest BCUT2D eigenvalue weighted by molar-refractivity contribution is -0.314. The maximum atomic E-state index is 9.87. The number of unbranched alkanes of at least 4 members (excludes halogenated alkanes) is 6. The van der Waals surface area contributed by atoms with Gasteiger partial charge in [0.25, 0.3) is 0 Å². The lowest BCUT2D eigenvalue weighted by Gasteiger charge is -2.45. The molecule has 0 saturated carbocycles. The van der Waals surface area contributed by atoms with E-state index in [1.807, 2.05) is 0 Å². The third-order valence-corrected chi connectivity index (χ3v) is 14.9. The molecule has 0 aromatic heterocycles. The molecule has 14 nitrogen and oxygen atoms in total. The second-order valence-electron chi connectivity index (χ2n) is 24.2. The molecular formula is C59H112O14. The van der Waals surface area contributed by atoms with E-state index in [1.54, 1.807) is 6.92 Å². The van der Waals surface area contributed by atoms with Crippen molar-refractivity contribution in [1.29, 1.82) is 0 Å². The van der Waals surface area contributed by atoms with E-state index in [0.29, 0.717) is 112 Å². The first kappa shape index (κ1) is 66.5. The van der Waals surface area contributed by atoms with Crippen LogP contribution in [0.2, 0.25) is 0 Å². The molecule has 3 heterocycles. The van der Waals surface area contributed by atoms with Crippen LogP contribution in [-0.2, 0) is 56.8 Å². The molecule has 0 aromatic rings. The van der Waals surface area contributed by atoms with E-state index in [1.165, 1.54) is 0 Å². The Labute approximate surface area is 445 Å². The molecule has 0 aromatic carbocycles. The monoisotopic (exact) mass is 1040 g/mol. The van der Waals surface area contributed by atoms with Crippen LogP contribution in [0.25, 0.3) is 0 Å². The lowest BCUT2D eigenvalue weighted by atomic mass is 9.91. The van der Waals surface area contributed by atoms with Crippen molar-refractivity contribution in [2.45, 2.75) is 202 Å². The second-order valence-corrected chi connectivity index (χ2v) is 24.2. The molecule has 0 radical (unpaired) electrons. The summed E-state index contributed by atoms with van der Waals surface area (Å²) in [6.07, 6.45) is 18.7. The number of aliphatic hydroxyl groups is 2. The third-order valence-electron chi connectivity index (χ3n) is 14.9. The number of hydrogen-bond donors (Lipinski definition) is 2. The summed E-state index contributed by atoms with van der Waals surface area (Å²) in [7, 11) is 0. The first-order chi connectivity index (χ1) is 35.0. The van der Waals surface area contributed by atoms with Gasteiger partial charge in [0, 0.05) is 72.0 Å². The average Bonchev–Trinajstić information content (AvgIpc) is 3.39. The molecule has 3 saturated heterocycles. The molecule has 73 heavy (non-hydrogen) atoms. The van der Waals surface area contributed by atoms with Gasteiger partial charge >= 0.3 is 0 Å². The molecule has 3 fully saturated rings. The number of ether oxygens (including phenoxy) is 12. The van der Waals surface area contributed by atoms with E-state index in [4.69, 9.17) is 56.8 Å². The van der Waals surface area contributed by atoms with Gasteiger partial charge in [-0.15, -0.1) is 0 Å². The van der Waals surface area contributed by atoms with E-state index < -0.39 is 22.8 Å². The highest BCUT2D eigenvalue weighted by atomic mass is 16.7. The molecular weight excluding hydrogens is 933 g/mol. The van der Waals surface area contributed by atoms with Gasteiger partial charge in [0.2, 0.25) is 0 Å². The number of aliphatic hydroxyl groups excluding tert-OH is 2. The Morgan fingerprint density at radius 1 is 0.438 bits per heavy atom. The molecule has 3 aliphatic heterocycles. The Morgan fingerprint density at radius 3 is 0.932 bits per heavy atom. The number of rotatable bonds is 44. The predicted molar refractivity (Wildman–Crippen MR) is 289 cm³/mol. The van der Waals surface area contributed by atoms with E-state index in [2.05, 4.69) is 68.9 Å². The Hall–Kier alpha value is -0.820. The zero-order valence-corrected chi connectivity index (χ0v) is 48.5. The Morgan fingerprint density at radius 2 is 0.685 bits per heavy atom. The van der Waals surface area contributed by atoms with Crippen LogP contribution in [0, 0.1) is 33.5 Å². The Kier molecular flexibility index (Phi) is 31.8. The van der Waals surface area contributed by atoms with Gasteiger partial charge in [-0.3, -0.25) is 0 Å². The van der Waals surface area contributed by atoms with E-state index >= 15 is 0 Å². The van der Waals surface area contributed by atoms with Crippen molar-refractivity contribution < 1.29 is 67.1 Å². The largest absolute Gasteiger partial charge is 0.396 e. The summed E-state index contributed by atoms with van der Waals surface area (Å²) in [5, 5.41) is 19.7. The lowest BCUT2D eigenvalue weighted by Crippen LogP contribution is -2.50. The summed E-state index contributed by atoms with van der Waals surface area (Å²) in [6, 6.07) is 0. The van der Waals surface area contributed by atoms with Crippen LogP contribution >= 0.6 is 0 Å². The molecule has 0 bridgehead atoms. The minimum atomic E-state index is -0.741. The van der Waals surface area contributed by atoms with Gasteiger partial charge in [0.1, 0.15) is 0 Å². The molecule has 1 atom stereocenters. The minimum Gasteiger partial charge on any atom is -0.396 e. The SMILES string of the molecule is C=C(COCC(COCC(C)(CO)CO)COCC1(C)COC(CCCC)(CCCC)OC1)COCC(COCC1(C)COC(CCCC)(CCCC)OC1)COCC1(C)COC(CCCC)(CCCC)OC1. The molecule has 14 heteroatoms.